The molecule has 1 heterocycles. The van der Waals surface area contributed by atoms with Crippen molar-refractivity contribution >= 4 is 23.2 Å². The van der Waals surface area contributed by atoms with E-state index in [2.05, 4.69) is 28.7 Å². The van der Waals surface area contributed by atoms with Crippen LogP contribution in [0.15, 0.2) is 30.6 Å². The van der Waals surface area contributed by atoms with Gasteiger partial charge < -0.3 is 9.88 Å². The van der Waals surface area contributed by atoms with Crippen LogP contribution in [0.4, 0.5) is 0 Å². The molecule has 2 rings (SSSR count). The Kier molecular flexibility index (Phi) is 5.46. The van der Waals surface area contributed by atoms with Crippen LogP contribution in [-0.2, 0) is 13.0 Å². The monoisotopic (exact) mass is 311 g/mol. The van der Waals surface area contributed by atoms with Gasteiger partial charge in [-0.05, 0) is 37.2 Å². The Morgan fingerprint density at radius 3 is 2.50 bits per heavy atom. The van der Waals surface area contributed by atoms with Crippen LogP contribution in [0.5, 0.6) is 0 Å². The molecule has 0 bridgehead atoms. The Balaban J connectivity index is 2.26. The normalized spacial score (nSPS) is 12.6. The van der Waals surface area contributed by atoms with E-state index in [9.17, 15) is 0 Å². The molecule has 20 heavy (non-hydrogen) atoms. The summed E-state index contributed by atoms with van der Waals surface area (Å²) in [6.07, 6.45) is 4.65. The number of nitrogens with zero attached hydrogens (tertiary/aromatic N) is 2. The fourth-order valence-corrected chi connectivity index (χ4v) is 2.87. The smallest absolute Gasteiger partial charge is 0.110 e. The number of likely N-dealkylation sites (N-methyl/N-ethyl adjacent to an activating group) is 1. The Bertz CT molecular complexity index is 546. The standard InChI is InChI=1S/C15H19Cl2N3/c1-3-18-14(10-15-19-5-6-20(15)4-2)11-7-12(16)9-13(17)8-11/h5-9,14,18H,3-4,10H2,1-2H3. The second-order valence-electron chi connectivity index (χ2n) is 4.65. The van der Waals surface area contributed by atoms with Crippen LogP contribution in [-0.4, -0.2) is 16.1 Å². The van der Waals surface area contributed by atoms with Crippen molar-refractivity contribution in [3.63, 3.8) is 0 Å². The molecule has 3 nitrogen and oxygen atoms in total. The number of halogens is 2. The highest BCUT2D eigenvalue weighted by Gasteiger charge is 2.15. The zero-order valence-corrected chi connectivity index (χ0v) is 13.2. The Hall–Kier alpha value is -1.03. The lowest BCUT2D eigenvalue weighted by atomic mass is 10.0. The summed E-state index contributed by atoms with van der Waals surface area (Å²) < 4.78 is 2.15. The number of imidazole rings is 1. The SMILES string of the molecule is CCNC(Cc1nccn1CC)c1cc(Cl)cc(Cl)c1. The molecule has 0 fully saturated rings. The first-order chi connectivity index (χ1) is 9.63. The summed E-state index contributed by atoms with van der Waals surface area (Å²) in [5, 5.41) is 4.79. The summed E-state index contributed by atoms with van der Waals surface area (Å²) in [6.45, 7) is 6.00. The van der Waals surface area contributed by atoms with Crippen LogP contribution in [0.1, 0.15) is 31.3 Å². The third kappa shape index (κ3) is 3.75. The fraction of sp³-hybridized carbons (Fsp3) is 0.400. The van der Waals surface area contributed by atoms with Crippen molar-refractivity contribution in [1.82, 2.24) is 14.9 Å². The van der Waals surface area contributed by atoms with E-state index in [-0.39, 0.29) is 6.04 Å². The topological polar surface area (TPSA) is 29.9 Å². The third-order valence-electron chi connectivity index (χ3n) is 3.27. The predicted molar refractivity (Wildman–Crippen MR) is 84.5 cm³/mol. The van der Waals surface area contributed by atoms with Gasteiger partial charge in [-0.15, -0.1) is 0 Å². The summed E-state index contributed by atoms with van der Waals surface area (Å²) >= 11 is 12.2. The maximum absolute atomic E-state index is 6.10. The quantitative estimate of drug-likeness (QED) is 0.870. The first kappa shape index (κ1) is 15.4. The van der Waals surface area contributed by atoms with Crippen LogP contribution < -0.4 is 5.32 Å². The third-order valence-corrected chi connectivity index (χ3v) is 3.70. The maximum Gasteiger partial charge on any atom is 0.110 e. The van der Waals surface area contributed by atoms with Crippen molar-refractivity contribution in [3.05, 3.63) is 52.0 Å². The van der Waals surface area contributed by atoms with E-state index in [0.29, 0.717) is 10.0 Å². The fourth-order valence-electron chi connectivity index (χ4n) is 2.33. The highest BCUT2D eigenvalue weighted by atomic mass is 35.5. The minimum Gasteiger partial charge on any atom is -0.335 e. The van der Waals surface area contributed by atoms with Crippen LogP contribution in [0, 0.1) is 0 Å². The van der Waals surface area contributed by atoms with Gasteiger partial charge in [0, 0.05) is 41.4 Å². The average Bonchev–Trinajstić information content (AvgIpc) is 2.84. The minimum atomic E-state index is 0.156. The Labute approximate surface area is 129 Å². The summed E-state index contributed by atoms with van der Waals surface area (Å²) in [4.78, 5) is 4.44. The zero-order chi connectivity index (χ0) is 14.5. The lowest BCUT2D eigenvalue weighted by Crippen LogP contribution is -2.24. The summed E-state index contributed by atoms with van der Waals surface area (Å²) in [6, 6.07) is 5.83. The maximum atomic E-state index is 6.10. The van der Waals surface area contributed by atoms with Crippen molar-refractivity contribution in [2.45, 2.75) is 32.9 Å². The van der Waals surface area contributed by atoms with E-state index in [1.54, 1.807) is 6.07 Å². The van der Waals surface area contributed by atoms with E-state index < -0.39 is 0 Å². The van der Waals surface area contributed by atoms with Crippen LogP contribution >= 0.6 is 23.2 Å². The van der Waals surface area contributed by atoms with Gasteiger partial charge in [0.2, 0.25) is 0 Å². The Morgan fingerprint density at radius 1 is 1.20 bits per heavy atom. The molecule has 1 unspecified atom stereocenters. The van der Waals surface area contributed by atoms with Crippen molar-refractivity contribution < 1.29 is 0 Å². The molecule has 1 aromatic heterocycles. The molecule has 0 saturated heterocycles. The summed E-state index contributed by atoms with van der Waals surface area (Å²) in [7, 11) is 0. The van der Waals surface area contributed by atoms with Crippen molar-refractivity contribution in [1.29, 1.82) is 0 Å². The molecule has 108 valence electrons. The molecule has 0 aliphatic rings. The molecule has 0 aliphatic heterocycles. The molecule has 0 spiro atoms. The second-order valence-corrected chi connectivity index (χ2v) is 5.52. The zero-order valence-electron chi connectivity index (χ0n) is 11.7. The lowest BCUT2D eigenvalue weighted by Gasteiger charge is -2.19. The second kappa shape index (κ2) is 7.11. The summed E-state index contributed by atoms with van der Waals surface area (Å²) in [5.74, 6) is 1.06. The number of benzene rings is 1. The van der Waals surface area contributed by atoms with E-state index in [4.69, 9.17) is 23.2 Å². The van der Waals surface area contributed by atoms with Crippen LogP contribution in [0.25, 0.3) is 0 Å². The highest BCUT2D eigenvalue weighted by molar-refractivity contribution is 6.34. The van der Waals surface area contributed by atoms with Crippen LogP contribution in [0.2, 0.25) is 10.0 Å². The molecule has 0 radical (unpaired) electrons. The van der Waals surface area contributed by atoms with Gasteiger partial charge in [0.05, 0.1) is 0 Å². The molecule has 1 atom stereocenters. The molecule has 1 N–H and O–H groups in total. The molecule has 0 amide bonds. The van der Waals surface area contributed by atoms with E-state index in [1.165, 1.54) is 0 Å². The number of hydrogen-bond donors (Lipinski definition) is 1. The number of aryl methyl sites for hydroxylation is 1. The average molecular weight is 312 g/mol. The molecule has 2 aromatic rings. The number of hydrogen-bond acceptors (Lipinski definition) is 2. The number of nitrogens with one attached hydrogen (secondary N) is 1. The number of rotatable bonds is 6. The van der Waals surface area contributed by atoms with Crippen molar-refractivity contribution in [3.8, 4) is 0 Å². The van der Waals surface area contributed by atoms with E-state index in [0.717, 1.165) is 30.9 Å². The summed E-state index contributed by atoms with van der Waals surface area (Å²) in [5.41, 5.74) is 1.09. The van der Waals surface area contributed by atoms with E-state index >= 15 is 0 Å². The van der Waals surface area contributed by atoms with Crippen molar-refractivity contribution in [2.24, 2.45) is 0 Å². The molecule has 0 saturated carbocycles. The molecule has 5 heteroatoms. The minimum absolute atomic E-state index is 0.156. The first-order valence-electron chi connectivity index (χ1n) is 6.83. The van der Waals surface area contributed by atoms with Gasteiger partial charge in [0.1, 0.15) is 5.82 Å². The van der Waals surface area contributed by atoms with Gasteiger partial charge in [-0.3, -0.25) is 0 Å². The molecule has 1 aromatic carbocycles. The highest BCUT2D eigenvalue weighted by Crippen LogP contribution is 2.25. The lowest BCUT2D eigenvalue weighted by molar-refractivity contribution is 0.522. The predicted octanol–water partition coefficient (Wildman–Crippen LogP) is 4.10. The molecule has 0 aliphatic carbocycles. The largest absolute Gasteiger partial charge is 0.335 e. The van der Waals surface area contributed by atoms with Crippen LogP contribution in [0.3, 0.4) is 0 Å². The van der Waals surface area contributed by atoms with Gasteiger partial charge in [-0.25, -0.2) is 4.98 Å². The Morgan fingerprint density at radius 2 is 1.90 bits per heavy atom. The van der Waals surface area contributed by atoms with Gasteiger partial charge in [-0.1, -0.05) is 30.1 Å². The van der Waals surface area contributed by atoms with Gasteiger partial charge in [-0.2, -0.15) is 0 Å². The van der Waals surface area contributed by atoms with E-state index in [1.807, 2.05) is 24.5 Å². The van der Waals surface area contributed by atoms with Gasteiger partial charge in [0.15, 0.2) is 0 Å². The van der Waals surface area contributed by atoms with Gasteiger partial charge in [0.25, 0.3) is 0 Å². The first-order valence-corrected chi connectivity index (χ1v) is 7.59. The molecular formula is C15H19Cl2N3. The van der Waals surface area contributed by atoms with Crippen molar-refractivity contribution in [2.75, 3.05) is 6.54 Å². The number of aromatic nitrogens is 2. The van der Waals surface area contributed by atoms with Gasteiger partial charge >= 0.3 is 0 Å². The molecular weight excluding hydrogens is 293 g/mol.